The normalized spacial score (nSPS) is 11.6. The summed E-state index contributed by atoms with van der Waals surface area (Å²) in [6, 6.07) is 17.1. The Bertz CT molecular complexity index is 1340. The van der Waals surface area contributed by atoms with E-state index in [9.17, 15) is 12.8 Å². The average Bonchev–Trinajstić information content (AvgIpc) is 2.72. The van der Waals surface area contributed by atoms with Gasteiger partial charge in [-0.1, -0.05) is 29.8 Å². The lowest BCUT2D eigenvalue weighted by Crippen LogP contribution is -2.06. The number of rotatable bonds is 4. The predicted molar refractivity (Wildman–Crippen MR) is 111 cm³/mol. The molecule has 3 aromatic carbocycles. The van der Waals surface area contributed by atoms with Gasteiger partial charge in [0.2, 0.25) is 9.84 Å². The lowest BCUT2D eigenvalue weighted by Gasteiger charge is -2.14. The summed E-state index contributed by atoms with van der Waals surface area (Å²) in [5.41, 5.74) is 1.36. The van der Waals surface area contributed by atoms with E-state index in [-0.39, 0.29) is 9.79 Å². The fourth-order valence-electron chi connectivity index (χ4n) is 3.19. The topological polar surface area (TPSA) is 56.3 Å². The molecule has 0 saturated heterocycles. The second-order valence-electron chi connectivity index (χ2n) is 6.35. The lowest BCUT2D eigenvalue weighted by molar-refractivity contribution is 0.413. The molecule has 0 aliphatic heterocycles. The Morgan fingerprint density at radius 1 is 1.00 bits per heavy atom. The number of methoxy groups -OCH3 is 1. The van der Waals surface area contributed by atoms with Crippen LogP contribution >= 0.6 is 11.6 Å². The van der Waals surface area contributed by atoms with Crippen molar-refractivity contribution < 1.29 is 17.5 Å². The van der Waals surface area contributed by atoms with E-state index in [2.05, 4.69) is 4.98 Å². The second-order valence-corrected chi connectivity index (χ2v) is 8.71. The summed E-state index contributed by atoms with van der Waals surface area (Å²) >= 11 is 6.15. The maximum Gasteiger partial charge on any atom is 0.208 e. The van der Waals surface area contributed by atoms with Crippen molar-refractivity contribution in [2.75, 3.05) is 7.11 Å². The summed E-state index contributed by atoms with van der Waals surface area (Å²) in [6.45, 7) is 0. The van der Waals surface area contributed by atoms with Crippen molar-refractivity contribution in [2.24, 2.45) is 0 Å². The number of hydrogen-bond donors (Lipinski definition) is 0. The number of sulfone groups is 1. The Labute approximate surface area is 172 Å². The molecule has 4 aromatic rings. The molecular weight excluding hydrogens is 413 g/mol. The smallest absolute Gasteiger partial charge is 0.208 e. The zero-order valence-electron chi connectivity index (χ0n) is 15.3. The van der Waals surface area contributed by atoms with E-state index in [0.29, 0.717) is 32.8 Å². The van der Waals surface area contributed by atoms with Gasteiger partial charge in [-0.15, -0.1) is 0 Å². The van der Waals surface area contributed by atoms with Gasteiger partial charge in [0.25, 0.3) is 0 Å². The van der Waals surface area contributed by atoms with Gasteiger partial charge >= 0.3 is 0 Å². The van der Waals surface area contributed by atoms with Crippen molar-refractivity contribution in [2.45, 2.75) is 9.79 Å². The third kappa shape index (κ3) is 3.57. The number of halogens is 2. The molecule has 0 aliphatic rings. The Morgan fingerprint density at radius 2 is 1.79 bits per heavy atom. The Balaban J connectivity index is 2.06. The van der Waals surface area contributed by atoms with Gasteiger partial charge in [-0.2, -0.15) is 0 Å². The summed E-state index contributed by atoms with van der Waals surface area (Å²) in [5.74, 6) is -0.0309. The van der Waals surface area contributed by atoms with E-state index in [1.807, 2.05) is 0 Å². The summed E-state index contributed by atoms with van der Waals surface area (Å²) in [4.78, 5) is 4.28. The molecule has 0 unspecified atom stereocenters. The molecular formula is C22H15ClFNO3S. The predicted octanol–water partition coefficient (Wildman–Crippen LogP) is 5.54. The van der Waals surface area contributed by atoms with Crippen molar-refractivity contribution in [3.8, 4) is 16.9 Å². The highest BCUT2D eigenvalue weighted by molar-refractivity contribution is 7.91. The molecule has 0 fully saturated rings. The Morgan fingerprint density at radius 3 is 2.55 bits per heavy atom. The van der Waals surface area contributed by atoms with Gasteiger partial charge in [0, 0.05) is 28.2 Å². The number of fused-ring (bicyclic) bond motifs is 1. The first-order valence-electron chi connectivity index (χ1n) is 8.63. The van der Waals surface area contributed by atoms with Crippen LogP contribution in [0.1, 0.15) is 0 Å². The van der Waals surface area contributed by atoms with Crippen molar-refractivity contribution in [3.63, 3.8) is 0 Å². The monoisotopic (exact) mass is 427 g/mol. The Kier molecular flexibility index (Phi) is 4.98. The zero-order chi connectivity index (χ0) is 20.6. The van der Waals surface area contributed by atoms with Crippen LogP contribution in [0.4, 0.5) is 4.39 Å². The first kappa shape index (κ1) is 19.4. The number of nitrogens with zero attached hydrogens (tertiary/aromatic N) is 1. The van der Waals surface area contributed by atoms with E-state index in [0.717, 1.165) is 0 Å². The van der Waals surface area contributed by atoms with Crippen LogP contribution in [0.15, 0.2) is 82.7 Å². The van der Waals surface area contributed by atoms with Crippen LogP contribution < -0.4 is 4.74 Å². The Hall–Kier alpha value is -2.96. The molecule has 4 nitrogen and oxygen atoms in total. The van der Waals surface area contributed by atoms with E-state index in [1.165, 1.54) is 43.6 Å². The lowest BCUT2D eigenvalue weighted by atomic mass is 10.0. The number of ether oxygens (including phenoxy) is 1. The van der Waals surface area contributed by atoms with Gasteiger partial charge in [-0.3, -0.25) is 4.98 Å². The van der Waals surface area contributed by atoms with Crippen LogP contribution in [0.3, 0.4) is 0 Å². The van der Waals surface area contributed by atoms with Crippen molar-refractivity contribution in [3.05, 3.63) is 83.8 Å². The largest absolute Gasteiger partial charge is 0.497 e. The molecule has 0 N–H and O–H groups in total. The molecule has 1 aromatic heterocycles. The van der Waals surface area contributed by atoms with Crippen LogP contribution in [0.2, 0.25) is 5.02 Å². The van der Waals surface area contributed by atoms with E-state index in [4.69, 9.17) is 16.3 Å². The molecule has 146 valence electrons. The van der Waals surface area contributed by atoms with Gasteiger partial charge in [0.05, 0.1) is 22.4 Å². The molecule has 0 radical (unpaired) electrons. The molecule has 0 aliphatic carbocycles. The van der Waals surface area contributed by atoms with Gasteiger partial charge < -0.3 is 4.74 Å². The second kappa shape index (κ2) is 7.46. The van der Waals surface area contributed by atoms with Gasteiger partial charge in [-0.05, 0) is 48.0 Å². The van der Waals surface area contributed by atoms with Gasteiger partial charge in [0.15, 0.2) is 0 Å². The first-order valence-corrected chi connectivity index (χ1v) is 10.5. The number of hydrogen-bond acceptors (Lipinski definition) is 4. The quantitative estimate of drug-likeness (QED) is 0.429. The maximum absolute atomic E-state index is 13.7. The molecule has 0 amide bonds. The molecule has 0 saturated carbocycles. The minimum absolute atomic E-state index is 0.00660. The van der Waals surface area contributed by atoms with Crippen LogP contribution in [-0.4, -0.2) is 20.5 Å². The SMILES string of the molecule is COc1cccc(S(=O)(=O)c2cnc3cc(F)ccc3c2-c2cccc(Cl)c2)c1. The summed E-state index contributed by atoms with van der Waals surface area (Å²) < 4.78 is 45.9. The number of benzene rings is 3. The van der Waals surface area contributed by atoms with Crippen LogP contribution in [-0.2, 0) is 9.84 Å². The fourth-order valence-corrected chi connectivity index (χ4v) is 4.85. The zero-order valence-corrected chi connectivity index (χ0v) is 16.8. The maximum atomic E-state index is 13.7. The average molecular weight is 428 g/mol. The summed E-state index contributed by atoms with van der Waals surface area (Å²) in [5, 5.41) is 0.969. The van der Waals surface area contributed by atoms with Crippen LogP contribution in [0, 0.1) is 5.82 Å². The third-order valence-corrected chi connectivity index (χ3v) is 6.55. The molecule has 29 heavy (non-hydrogen) atoms. The third-order valence-electron chi connectivity index (χ3n) is 4.55. The van der Waals surface area contributed by atoms with E-state index in [1.54, 1.807) is 36.4 Å². The molecule has 7 heteroatoms. The number of pyridine rings is 1. The first-order chi connectivity index (χ1) is 13.9. The molecule has 0 atom stereocenters. The molecule has 0 spiro atoms. The van der Waals surface area contributed by atoms with E-state index >= 15 is 0 Å². The van der Waals surface area contributed by atoms with Crippen molar-refractivity contribution in [1.29, 1.82) is 0 Å². The molecule has 4 rings (SSSR count). The standard InChI is InChI=1S/C22H15ClFNO3S/c1-28-17-6-3-7-18(12-17)29(26,27)21-13-25-20-11-16(24)8-9-19(20)22(21)14-4-2-5-15(23)10-14/h2-13H,1H3. The summed E-state index contributed by atoms with van der Waals surface area (Å²) in [7, 11) is -2.48. The molecule has 0 bridgehead atoms. The van der Waals surface area contributed by atoms with Crippen molar-refractivity contribution in [1.82, 2.24) is 4.98 Å². The highest BCUT2D eigenvalue weighted by Crippen LogP contribution is 2.37. The van der Waals surface area contributed by atoms with Gasteiger partial charge in [0.1, 0.15) is 11.6 Å². The van der Waals surface area contributed by atoms with Crippen LogP contribution in [0.5, 0.6) is 5.75 Å². The van der Waals surface area contributed by atoms with Gasteiger partial charge in [-0.25, -0.2) is 12.8 Å². The van der Waals surface area contributed by atoms with Crippen LogP contribution in [0.25, 0.3) is 22.0 Å². The van der Waals surface area contributed by atoms with Crippen molar-refractivity contribution >= 4 is 32.3 Å². The fraction of sp³-hybridized carbons (Fsp3) is 0.0455. The minimum Gasteiger partial charge on any atom is -0.497 e. The molecule has 1 heterocycles. The van der Waals surface area contributed by atoms with E-state index < -0.39 is 15.7 Å². The highest BCUT2D eigenvalue weighted by Gasteiger charge is 2.25. The minimum atomic E-state index is -3.94. The number of aromatic nitrogens is 1. The highest BCUT2D eigenvalue weighted by atomic mass is 35.5. The summed E-state index contributed by atoms with van der Waals surface area (Å²) in [6.07, 6.45) is 1.26.